The fourth-order valence-electron chi connectivity index (χ4n) is 2.52. The van der Waals surface area contributed by atoms with Gasteiger partial charge < -0.3 is 14.4 Å². The van der Waals surface area contributed by atoms with Crippen LogP contribution in [0.5, 0.6) is 0 Å². The zero-order valence-electron chi connectivity index (χ0n) is 12.9. The Morgan fingerprint density at radius 3 is 2.62 bits per heavy atom. The first-order chi connectivity index (χ1) is 11.1. The van der Waals surface area contributed by atoms with Crippen molar-refractivity contribution in [3.05, 3.63) is 33.9 Å². The molecule has 1 fully saturated rings. The summed E-state index contributed by atoms with van der Waals surface area (Å²) in [6.45, 7) is 1.79. The van der Waals surface area contributed by atoms with Gasteiger partial charge in [0.2, 0.25) is 0 Å². The lowest BCUT2D eigenvalue weighted by Crippen LogP contribution is -2.50. The smallest absolute Gasteiger partial charge is 0.416 e. The Bertz CT molecular complexity index is 650. The standard InChI is InChI=1S/C14H15F3N2O5/c1-8-6-18(7-12(24-8)13(20)23-2)10-4-3-9(14(15,16)17)5-11(10)19(21)22/h3-5,8,12H,6-7H2,1-2H3/t8-,12?/m1/s1. The van der Waals surface area contributed by atoms with E-state index < -0.39 is 40.5 Å². The van der Waals surface area contributed by atoms with Crippen molar-refractivity contribution in [2.75, 3.05) is 25.1 Å². The second kappa shape index (κ2) is 6.63. The highest BCUT2D eigenvalue weighted by atomic mass is 19.4. The molecule has 0 aliphatic carbocycles. The maximum atomic E-state index is 12.8. The van der Waals surface area contributed by atoms with Gasteiger partial charge in [0, 0.05) is 12.6 Å². The fourth-order valence-corrected chi connectivity index (χ4v) is 2.52. The molecule has 24 heavy (non-hydrogen) atoms. The third-order valence-corrected chi connectivity index (χ3v) is 3.56. The highest BCUT2D eigenvalue weighted by molar-refractivity contribution is 5.76. The third kappa shape index (κ3) is 3.75. The van der Waals surface area contributed by atoms with Gasteiger partial charge in [0.25, 0.3) is 5.69 Å². The van der Waals surface area contributed by atoms with Crippen molar-refractivity contribution in [2.45, 2.75) is 25.3 Å². The van der Waals surface area contributed by atoms with E-state index in [-0.39, 0.29) is 18.8 Å². The molecular formula is C14H15F3N2O5. The van der Waals surface area contributed by atoms with Crippen LogP contribution >= 0.6 is 0 Å². The maximum absolute atomic E-state index is 12.8. The van der Waals surface area contributed by atoms with Gasteiger partial charge in [0.1, 0.15) is 5.69 Å². The number of hydrogen-bond donors (Lipinski definition) is 0. The molecule has 7 nitrogen and oxygen atoms in total. The highest BCUT2D eigenvalue weighted by Gasteiger charge is 2.36. The van der Waals surface area contributed by atoms with Gasteiger partial charge in [0.15, 0.2) is 6.10 Å². The number of methoxy groups -OCH3 is 1. The Kier molecular flexibility index (Phi) is 4.97. The van der Waals surface area contributed by atoms with Gasteiger partial charge in [-0.3, -0.25) is 10.1 Å². The number of carbonyl (C=O) groups excluding carboxylic acids is 1. The molecule has 1 heterocycles. The molecule has 1 unspecified atom stereocenters. The van der Waals surface area contributed by atoms with E-state index in [1.165, 1.54) is 12.0 Å². The molecule has 0 N–H and O–H groups in total. The number of esters is 1. The minimum atomic E-state index is -4.68. The zero-order chi connectivity index (χ0) is 18.1. The van der Waals surface area contributed by atoms with Gasteiger partial charge in [-0.2, -0.15) is 13.2 Å². The molecule has 2 atom stereocenters. The molecular weight excluding hydrogens is 333 g/mol. The minimum absolute atomic E-state index is 0.00273. The molecule has 132 valence electrons. The predicted molar refractivity (Wildman–Crippen MR) is 76.7 cm³/mol. The van der Waals surface area contributed by atoms with Crippen LogP contribution in [0.4, 0.5) is 24.5 Å². The van der Waals surface area contributed by atoms with E-state index in [2.05, 4.69) is 4.74 Å². The highest BCUT2D eigenvalue weighted by Crippen LogP contribution is 2.37. The van der Waals surface area contributed by atoms with Gasteiger partial charge in [-0.1, -0.05) is 0 Å². The number of nitrogens with zero attached hydrogens (tertiary/aromatic N) is 2. The van der Waals surface area contributed by atoms with Gasteiger partial charge in [-0.25, -0.2) is 4.79 Å². The van der Waals surface area contributed by atoms with E-state index in [1.54, 1.807) is 6.92 Å². The van der Waals surface area contributed by atoms with Gasteiger partial charge >= 0.3 is 12.1 Å². The number of anilines is 1. The number of halogens is 3. The predicted octanol–water partition coefficient (Wildman–Crippen LogP) is 2.38. The van der Waals surface area contributed by atoms with Crippen molar-refractivity contribution in [2.24, 2.45) is 0 Å². The number of benzene rings is 1. The first kappa shape index (κ1) is 18.0. The Balaban J connectivity index is 2.39. The zero-order valence-corrected chi connectivity index (χ0v) is 12.9. The van der Waals surface area contributed by atoms with Crippen LogP contribution in [0.1, 0.15) is 12.5 Å². The molecule has 1 aliphatic rings. The molecule has 1 aromatic carbocycles. The SMILES string of the molecule is COC(=O)C1CN(c2ccc(C(F)(F)F)cc2[N+](=O)[O-])C[C@@H](C)O1. The number of morpholine rings is 1. The Labute approximate surface area is 135 Å². The molecule has 1 aliphatic heterocycles. The number of rotatable bonds is 3. The van der Waals surface area contributed by atoms with Crippen molar-refractivity contribution in [3.8, 4) is 0 Å². The largest absolute Gasteiger partial charge is 0.467 e. The number of hydrogen-bond acceptors (Lipinski definition) is 6. The summed E-state index contributed by atoms with van der Waals surface area (Å²) in [5, 5.41) is 11.2. The van der Waals surface area contributed by atoms with E-state index in [1.807, 2.05) is 0 Å². The maximum Gasteiger partial charge on any atom is 0.416 e. The molecule has 1 aromatic rings. The van der Waals surface area contributed by atoms with Crippen LogP contribution in [0.3, 0.4) is 0 Å². The summed E-state index contributed by atoms with van der Waals surface area (Å²) < 4.78 is 48.3. The molecule has 10 heteroatoms. The topological polar surface area (TPSA) is 81.9 Å². The second-order valence-corrected chi connectivity index (χ2v) is 5.32. The molecule has 1 saturated heterocycles. The lowest BCUT2D eigenvalue weighted by atomic mass is 10.1. The summed E-state index contributed by atoms with van der Waals surface area (Å²) in [6.07, 6.45) is -6.11. The molecule has 0 spiro atoms. The van der Waals surface area contributed by atoms with Crippen LogP contribution < -0.4 is 4.90 Å². The number of nitro benzene ring substituents is 1. The monoisotopic (exact) mass is 348 g/mol. The summed E-state index contributed by atoms with van der Waals surface area (Å²) in [5.74, 6) is -0.652. The Morgan fingerprint density at radius 1 is 1.42 bits per heavy atom. The van der Waals surface area contributed by atoms with E-state index >= 15 is 0 Å². The normalized spacial score (nSPS) is 21.5. The Hall–Kier alpha value is -2.36. The number of alkyl halides is 3. The van der Waals surface area contributed by atoms with E-state index in [9.17, 15) is 28.1 Å². The van der Waals surface area contributed by atoms with Crippen LogP contribution in [0.2, 0.25) is 0 Å². The molecule has 0 saturated carbocycles. The summed E-state index contributed by atoms with van der Waals surface area (Å²) >= 11 is 0. The number of carbonyl (C=O) groups is 1. The quantitative estimate of drug-likeness (QED) is 0.474. The van der Waals surface area contributed by atoms with Crippen LogP contribution in [-0.2, 0) is 20.4 Å². The molecule has 0 aromatic heterocycles. The second-order valence-electron chi connectivity index (χ2n) is 5.32. The molecule has 0 radical (unpaired) electrons. The van der Waals surface area contributed by atoms with Crippen molar-refractivity contribution in [1.29, 1.82) is 0 Å². The first-order valence-electron chi connectivity index (χ1n) is 6.97. The summed E-state index contributed by atoms with van der Waals surface area (Å²) in [4.78, 5) is 23.4. The van der Waals surface area contributed by atoms with Crippen molar-refractivity contribution in [3.63, 3.8) is 0 Å². The van der Waals surface area contributed by atoms with Crippen LogP contribution in [-0.4, -0.2) is 43.3 Å². The first-order valence-corrected chi connectivity index (χ1v) is 6.97. The summed E-state index contributed by atoms with van der Waals surface area (Å²) in [5.41, 5.74) is -1.79. The lowest BCUT2D eigenvalue weighted by molar-refractivity contribution is -0.384. The van der Waals surface area contributed by atoms with Gasteiger partial charge in [0.05, 0.1) is 30.2 Å². The fraction of sp³-hybridized carbons (Fsp3) is 0.500. The number of ether oxygens (including phenoxy) is 2. The van der Waals surface area contributed by atoms with Gasteiger partial charge in [-0.05, 0) is 19.1 Å². The van der Waals surface area contributed by atoms with Crippen molar-refractivity contribution >= 4 is 17.3 Å². The van der Waals surface area contributed by atoms with Crippen LogP contribution in [0.25, 0.3) is 0 Å². The third-order valence-electron chi connectivity index (χ3n) is 3.56. The van der Waals surface area contributed by atoms with Crippen LogP contribution in [0, 0.1) is 10.1 Å². The summed E-state index contributed by atoms with van der Waals surface area (Å²) in [6, 6.07) is 2.30. The number of nitro groups is 1. The average molecular weight is 348 g/mol. The molecule has 0 bridgehead atoms. The molecule has 2 rings (SSSR count). The van der Waals surface area contributed by atoms with Crippen molar-refractivity contribution in [1.82, 2.24) is 0 Å². The average Bonchev–Trinajstić information content (AvgIpc) is 2.51. The Morgan fingerprint density at radius 2 is 2.08 bits per heavy atom. The summed E-state index contributed by atoms with van der Waals surface area (Å²) in [7, 11) is 1.18. The van der Waals surface area contributed by atoms with Gasteiger partial charge in [-0.15, -0.1) is 0 Å². The minimum Gasteiger partial charge on any atom is -0.467 e. The van der Waals surface area contributed by atoms with Crippen molar-refractivity contribution < 1.29 is 32.4 Å². The lowest BCUT2D eigenvalue weighted by Gasteiger charge is -2.36. The van der Waals surface area contributed by atoms with E-state index in [0.29, 0.717) is 6.07 Å². The van der Waals surface area contributed by atoms with E-state index in [0.717, 1.165) is 12.1 Å². The van der Waals surface area contributed by atoms with Crippen LogP contribution in [0.15, 0.2) is 18.2 Å². The molecule has 0 amide bonds. The van der Waals surface area contributed by atoms with E-state index in [4.69, 9.17) is 4.74 Å².